The van der Waals surface area contributed by atoms with Gasteiger partial charge in [0.05, 0.1) is 6.07 Å². The van der Waals surface area contributed by atoms with Gasteiger partial charge in [0, 0.05) is 5.92 Å². The summed E-state index contributed by atoms with van der Waals surface area (Å²) in [7, 11) is 0. The van der Waals surface area contributed by atoms with Gasteiger partial charge >= 0.3 is 0 Å². The van der Waals surface area contributed by atoms with Crippen LogP contribution in [0.2, 0.25) is 0 Å². The van der Waals surface area contributed by atoms with Gasteiger partial charge in [0.25, 0.3) is 0 Å². The Morgan fingerprint density at radius 2 is 2.07 bits per heavy atom. The van der Waals surface area contributed by atoms with E-state index < -0.39 is 0 Å². The first-order chi connectivity index (χ1) is 6.57. The number of rotatable bonds is 3. The number of Topliss-reactive ketones (excluding diaryl/α,β-unsaturated/α-hetero) is 1. The molecule has 0 aromatic rings. The second kappa shape index (κ2) is 4.59. The SMILES string of the molecule is CC(C)C(C#N)C(=O)C1CCCC1C. The Bertz CT molecular complexity index is 252. The van der Waals surface area contributed by atoms with Crippen LogP contribution < -0.4 is 0 Å². The van der Waals surface area contributed by atoms with Crippen molar-refractivity contribution in [3.8, 4) is 6.07 Å². The van der Waals surface area contributed by atoms with Crippen LogP contribution in [0.15, 0.2) is 0 Å². The summed E-state index contributed by atoms with van der Waals surface area (Å²) in [6.07, 6.45) is 3.28. The summed E-state index contributed by atoms with van der Waals surface area (Å²) in [4.78, 5) is 12.0. The van der Waals surface area contributed by atoms with Crippen molar-refractivity contribution < 1.29 is 4.79 Å². The topological polar surface area (TPSA) is 40.9 Å². The average molecular weight is 193 g/mol. The highest BCUT2D eigenvalue weighted by atomic mass is 16.1. The molecule has 1 saturated carbocycles. The molecule has 1 aliphatic rings. The lowest BCUT2D eigenvalue weighted by Gasteiger charge is -2.19. The normalized spacial score (nSPS) is 28.8. The molecule has 0 radical (unpaired) electrons. The third-order valence-electron chi connectivity index (χ3n) is 3.34. The smallest absolute Gasteiger partial charge is 0.153 e. The number of nitrogens with zero attached hydrogens (tertiary/aromatic N) is 1. The molecule has 78 valence electrons. The minimum atomic E-state index is -0.388. The van der Waals surface area contributed by atoms with Gasteiger partial charge in [-0.1, -0.05) is 27.2 Å². The standard InChI is InChI=1S/C12H19NO/c1-8(2)11(7-13)12(14)10-6-4-5-9(10)3/h8-11H,4-6H2,1-3H3. The predicted octanol–water partition coefficient (Wildman–Crippen LogP) is 2.79. The Morgan fingerprint density at radius 3 is 2.43 bits per heavy atom. The molecule has 0 aromatic carbocycles. The Labute approximate surface area is 86.3 Å². The van der Waals surface area contributed by atoms with E-state index in [1.54, 1.807) is 0 Å². The number of carbonyl (C=O) groups excluding carboxylic acids is 1. The van der Waals surface area contributed by atoms with Gasteiger partial charge in [-0.3, -0.25) is 4.79 Å². The first-order valence-electron chi connectivity index (χ1n) is 5.51. The van der Waals surface area contributed by atoms with Crippen molar-refractivity contribution in [3.63, 3.8) is 0 Å². The Balaban J connectivity index is 2.68. The highest BCUT2D eigenvalue weighted by molar-refractivity contribution is 5.86. The number of ketones is 1. The van der Waals surface area contributed by atoms with Crippen LogP contribution in [-0.2, 0) is 4.79 Å². The molecular weight excluding hydrogens is 174 g/mol. The molecule has 0 spiro atoms. The summed E-state index contributed by atoms with van der Waals surface area (Å²) in [6, 6.07) is 2.15. The zero-order chi connectivity index (χ0) is 10.7. The van der Waals surface area contributed by atoms with E-state index in [0.717, 1.165) is 19.3 Å². The number of hydrogen-bond acceptors (Lipinski definition) is 2. The summed E-state index contributed by atoms with van der Waals surface area (Å²) >= 11 is 0. The van der Waals surface area contributed by atoms with E-state index in [-0.39, 0.29) is 23.5 Å². The molecule has 1 fully saturated rings. The minimum Gasteiger partial charge on any atom is -0.298 e. The molecule has 0 heterocycles. The molecule has 0 saturated heterocycles. The maximum absolute atomic E-state index is 12.0. The first-order valence-corrected chi connectivity index (χ1v) is 5.51. The van der Waals surface area contributed by atoms with Gasteiger partial charge in [0.1, 0.15) is 5.92 Å². The molecule has 2 nitrogen and oxygen atoms in total. The van der Waals surface area contributed by atoms with Crippen molar-refractivity contribution in [2.75, 3.05) is 0 Å². The van der Waals surface area contributed by atoms with Crippen LogP contribution in [0.25, 0.3) is 0 Å². The highest BCUT2D eigenvalue weighted by Gasteiger charge is 2.35. The summed E-state index contributed by atoms with van der Waals surface area (Å²) in [5, 5.41) is 8.94. The Morgan fingerprint density at radius 1 is 1.43 bits per heavy atom. The van der Waals surface area contributed by atoms with E-state index in [2.05, 4.69) is 13.0 Å². The zero-order valence-electron chi connectivity index (χ0n) is 9.29. The molecule has 0 bridgehead atoms. The Hall–Kier alpha value is -0.840. The maximum Gasteiger partial charge on any atom is 0.153 e. The van der Waals surface area contributed by atoms with Crippen LogP contribution in [0.3, 0.4) is 0 Å². The van der Waals surface area contributed by atoms with Gasteiger partial charge in [-0.25, -0.2) is 0 Å². The first kappa shape index (κ1) is 11.2. The molecule has 0 amide bonds. The summed E-state index contributed by atoms with van der Waals surface area (Å²) in [6.45, 7) is 6.03. The average Bonchev–Trinajstić information content (AvgIpc) is 2.51. The van der Waals surface area contributed by atoms with Crippen molar-refractivity contribution in [1.82, 2.24) is 0 Å². The van der Waals surface area contributed by atoms with Crippen LogP contribution in [-0.4, -0.2) is 5.78 Å². The molecule has 1 rings (SSSR count). The summed E-state index contributed by atoms with van der Waals surface area (Å²) < 4.78 is 0. The van der Waals surface area contributed by atoms with Crippen LogP contribution in [0.1, 0.15) is 40.0 Å². The van der Waals surface area contributed by atoms with Crippen LogP contribution in [0.5, 0.6) is 0 Å². The Kier molecular flexibility index (Phi) is 3.69. The molecule has 3 atom stereocenters. The third-order valence-corrected chi connectivity index (χ3v) is 3.34. The molecule has 0 N–H and O–H groups in total. The van der Waals surface area contributed by atoms with Gasteiger partial charge in [-0.2, -0.15) is 5.26 Å². The number of nitriles is 1. The fourth-order valence-corrected chi connectivity index (χ4v) is 2.34. The fraction of sp³-hybridized carbons (Fsp3) is 0.833. The lowest BCUT2D eigenvalue weighted by atomic mass is 9.82. The van der Waals surface area contributed by atoms with Crippen LogP contribution in [0, 0.1) is 35.0 Å². The quantitative estimate of drug-likeness (QED) is 0.691. The summed E-state index contributed by atoms with van der Waals surface area (Å²) in [5.41, 5.74) is 0. The molecule has 2 heteroatoms. The number of carbonyl (C=O) groups is 1. The predicted molar refractivity (Wildman–Crippen MR) is 55.5 cm³/mol. The monoisotopic (exact) mass is 193 g/mol. The second-order valence-corrected chi connectivity index (χ2v) is 4.77. The number of hydrogen-bond donors (Lipinski definition) is 0. The molecule has 3 unspecified atom stereocenters. The lowest BCUT2D eigenvalue weighted by molar-refractivity contribution is -0.127. The van der Waals surface area contributed by atoms with Gasteiger partial charge in [0.15, 0.2) is 5.78 Å². The molecule has 0 aliphatic heterocycles. The van der Waals surface area contributed by atoms with E-state index in [0.29, 0.717) is 5.92 Å². The van der Waals surface area contributed by atoms with E-state index in [9.17, 15) is 4.79 Å². The van der Waals surface area contributed by atoms with E-state index in [4.69, 9.17) is 5.26 Å². The molecule has 14 heavy (non-hydrogen) atoms. The van der Waals surface area contributed by atoms with E-state index in [1.165, 1.54) is 0 Å². The third kappa shape index (κ3) is 2.15. The lowest BCUT2D eigenvalue weighted by Crippen LogP contribution is -2.27. The zero-order valence-corrected chi connectivity index (χ0v) is 9.29. The molecular formula is C12H19NO. The van der Waals surface area contributed by atoms with Crippen molar-refractivity contribution >= 4 is 5.78 Å². The minimum absolute atomic E-state index is 0.153. The van der Waals surface area contributed by atoms with Crippen molar-refractivity contribution in [2.45, 2.75) is 40.0 Å². The van der Waals surface area contributed by atoms with Crippen molar-refractivity contribution in [2.24, 2.45) is 23.7 Å². The highest BCUT2D eigenvalue weighted by Crippen LogP contribution is 2.34. The second-order valence-electron chi connectivity index (χ2n) is 4.77. The van der Waals surface area contributed by atoms with Gasteiger partial charge < -0.3 is 0 Å². The van der Waals surface area contributed by atoms with Gasteiger partial charge in [0.2, 0.25) is 0 Å². The maximum atomic E-state index is 12.0. The van der Waals surface area contributed by atoms with E-state index in [1.807, 2.05) is 13.8 Å². The van der Waals surface area contributed by atoms with Crippen molar-refractivity contribution in [3.05, 3.63) is 0 Å². The van der Waals surface area contributed by atoms with E-state index >= 15 is 0 Å². The van der Waals surface area contributed by atoms with Crippen molar-refractivity contribution in [1.29, 1.82) is 5.26 Å². The molecule has 0 aromatic heterocycles. The van der Waals surface area contributed by atoms with Crippen LogP contribution in [0.4, 0.5) is 0 Å². The molecule has 1 aliphatic carbocycles. The van der Waals surface area contributed by atoms with Crippen LogP contribution >= 0.6 is 0 Å². The van der Waals surface area contributed by atoms with Gasteiger partial charge in [-0.05, 0) is 24.7 Å². The summed E-state index contributed by atoms with van der Waals surface area (Å²) in [5.74, 6) is 0.590. The van der Waals surface area contributed by atoms with Gasteiger partial charge in [-0.15, -0.1) is 0 Å². The fourth-order valence-electron chi connectivity index (χ4n) is 2.34. The largest absolute Gasteiger partial charge is 0.298 e.